The van der Waals surface area contributed by atoms with Gasteiger partial charge in [0.25, 0.3) is 0 Å². The molecule has 1 fully saturated rings. The number of ether oxygens (including phenoxy) is 2. The minimum Gasteiger partial charge on any atom is -0.468 e. The molecular formula is C15H18N2O5. The zero-order valence-electron chi connectivity index (χ0n) is 12.2. The van der Waals surface area contributed by atoms with E-state index < -0.39 is 29.8 Å². The van der Waals surface area contributed by atoms with Gasteiger partial charge >= 0.3 is 12.1 Å². The van der Waals surface area contributed by atoms with Crippen molar-refractivity contribution in [3.05, 3.63) is 35.9 Å². The number of nitrogens with zero attached hydrogens (tertiary/aromatic N) is 1. The van der Waals surface area contributed by atoms with Crippen molar-refractivity contribution in [2.24, 2.45) is 11.7 Å². The molecule has 0 spiro atoms. The Morgan fingerprint density at radius 1 is 1.27 bits per heavy atom. The molecule has 0 aromatic heterocycles. The third kappa shape index (κ3) is 3.62. The van der Waals surface area contributed by atoms with Crippen molar-refractivity contribution < 1.29 is 23.9 Å². The molecule has 0 aliphatic carbocycles. The molecule has 1 heterocycles. The Morgan fingerprint density at radius 3 is 2.59 bits per heavy atom. The van der Waals surface area contributed by atoms with Gasteiger partial charge in [-0.1, -0.05) is 30.3 Å². The van der Waals surface area contributed by atoms with Crippen LogP contribution in [0.4, 0.5) is 4.79 Å². The molecule has 1 aliphatic rings. The molecule has 2 rings (SSSR count). The van der Waals surface area contributed by atoms with Crippen LogP contribution in [0.2, 0.25) is 0 Å². The van der Waals surface area contributed by atoms with Gasteiger partial charge < -0.3 is 20.1 Å². The second kappa shape index (κ2) is 7.04. The SMILES string of the molecule is COC(=O)C1CN(C(=O)OCc2ccccc2)CC(N)C1=O. The van der Waals surface area contributed by atoms with Crippen molar-refractivity contribution in [2.75, 3.05) is 20.2 Å². The number of hydrogen-bond acceptors (Lipinski definition) is 6. The van der Waals surface area contributed by atoms with Crippen molar-refractivity contribution in [3.63, 3.8) is 0 Å². The number of rotatable bonds is 3. The number of piperidine rings is 1. The zero-order valence-corrected chi connectivity index (χ0v) is 12.2. The van der Waals surface area contributed by atoms with Gasteiger partial charge in [-0.15, -0.1) is 0 Å². The Bertz CT molecular complexity index is 560. The summed E-state index contributed by atoms with van der Waals surface area (Å²) in [5.41, 5.74) is 6.53. The first-order chi connectivity index (χ1) is 10.5. The van der Waals surface area contributed by atoms with Crippen LogP contribution in [0.15, 0.2) is 30.3 Å². The van der Waals surface area contributed by atoms with Crippen LogP contribution in [-0.4, -0.2) is 49.0 Å². The lowest BCUT2D eigenvalue weighted by atomic mass is 9.93. The van der Waals surface area contributed by atoms with Crippen LogP contribution >= 0.6 is 0 Å². The van der Waals surface area contributed by atoms with E-state index in [1.807, 2.05) is 30.3 Å². The van der Waals surface area contributed by atoms with E-state index in [0.29, 0.717) is 0 Å². The first-order valence-electron chi connectivity index (χ1n) is 6.85. The number of ketones is 1. The Kier molecular flexibility index (Phi) is 5.11. The van der Waals surface area contributed by atoms with Crippen LogP contribution in [0, 0.1) is 5.92 Å². The molecule has 118 valence electrons. The third-order valence-electron chi connectivity index (χ3n) is 3.48. The summed E-state index contributed by atoms with van der Waals surface area (Å²) in [7, 11) is 1.19. The molecule has 0 saturated carbocycles. The van der Waals surface area contributed by atoms with Gasteiger partial charge in [-0.2, -0.15) is 0 Å². The molecule has 22 heavy (non-hydrogen) atoms. The van der Waals surface area contributed by atoms with E-state index in [-0.39, 0.29) is 19.7 Å². The number of carbonyl (C=O) groups excluding carboxylic acids is 3. The van der Waals surface area contributed by atoms with Crippen molar-refractivity contribution in [1.29, 1.82) is 0 Å². The number of Topliss-reactive ketones (excluding diaryl/α,β-unsaturated/α-hetero) is 1. The van der Waals surface area contributed by atoms with E-state index >= 15 is 0 Å². The van der Waals surface area contributed by atoms with Gasteiger partial charge in [0.1, 0.15) is 12.5 Å². The summed E-state index contributed by atoms with van der Waals surface area (Å²) in [5.74, 6) is -2.17. The van der Waals surface area contributed by atoms with E-state index in [4.69, 9.17) is 10.5 Å². The Labute approximate surface area is 128 Å². The average Bonchev–Trinajstić information content (AvgIpc) is 2.55. The summed E-state index contributed by atoms with van der Waals surface area (Å²) < 4.78 is 9.75. The minimum absolute atomic E-state index is 0.0277. The van der Waals surface area contributed by atoms with Gasteiger partial charge in [0.15, 0.2) is 5.78 Å². The average molecular weight is 306 g/mol. The second-order valence-corrected chi connectivity index (χ2v) is 5.03. The first-order valence-corrected chi connectivity index (χ1v) is 6.85. The van der Waals surface area contributed by atoms with Gasteiger partial charge in [-0.3, -0.25) is 9.59 Å². The fourth-order valence-electron chi connectivity index (χ4n) is 2.26. The highest BCUT2D eigenvalue weighted by atomic mass is 16.6. The van der Waals surface area contributed by atoms with Gasteiger partial charge in [0, 0.05) is 13.1 Å². The first kappa shape index (κ1) is 16.0. The monoisotopic (exact) mass is 306 g/mol. The summed E-state index contributed by atoms with van der Waals surface area (Å²) >= 11 is 0. The van der Waals surface area contributed by atoms with Crippen LogP contribution in [-0.2, 0) is 25.7 Å². The summed E-state index contributed by atoms with van der Waals surface area (Å²) in [6.07, 6.45) is -0.610. The van der Waals surface area contributed by atoms with Gasteiger partial charge in [-0.25, -0.2) is 4.79 Å². The van der Waals surface area contributed by atoms with E-state index in [9.17, 15) is 14.4 Å². The highest BCUT2D eigenvalue weighted by Crippen LogP contribution is 2.15. The molecule has 2 N–H and O–H groups in total. The summed E-state index contributed by atoms with van der Waals surface area (Å²) in [6, 6.07) is 8.29. The van der Waals surface area contributed by atoms with E-state index in [1.54, 1.807) is 0 Å². The van der Waals surface area contributed by atoms with Crippen LogP contribution in [0.3, 0.4) is 0 Å². The topological polar surface area (TPSA) is 98.9 Å². The van der Waals surface area contributed by atoms with E-state index in [2.05, 4.69) is 4.74 Å². The predicted octanol–water partition coefficient (Wildman–Crippen LogP) is 0.324. The lowest BCUT2D eigenvalue weighted by Gasteiger charge is -2.33. The molecule has 1 aromatic rings. The molecule has 7 nitrogen and oxygen atoms in total. The molecule has 1 amide bonds. The predicted molar refractivity (Wildman–Crippen MR) is 76.7 cm³/mol. The number of methoxy groups -OCH3 is 1. The number of esters is 1. The molecule has 1 aromatic carbocycles. The zero-order chi connectivity index (χ0) is 16.1. The van der Waals surface area contributed by atoms with Crippen molar-refractivity contribution in [2.45, 2.75) is 12.6 Å². The smallest absolute Gasteiger partial charge is 0.410 e. The molecule has 7 heteroatoms. The van der Waals surface area contributed by atoms with Gasteiger partial charge in [-0.05, 0) is 5.56 Å². The second-order valence-electron chi connectivity index (χ2n) is 5.03. The van der Waals surface area contributed by atoms with Gasteiger partial charge in [0.05, 0.1) is 13.2 Å². The van der Waals surface area contributed by atoms with Crippen molar-refractivity contribution in [1.82, 2.24) is 4.90 Å². The summed E-state index contributed by atoms with van der Waals surface area (Å²) in [5, 5.41) is 0. The van der Waals surface area contributed by atoms with Crippen LogP contribution in [0.5, 0.6) is 0 Å². The number of benzene rings is 1. The van der Waals surface area contributed by atoms with Gasteiger partial charge in [0.2, 0.25) is 0 Å². The lowest BCUT2D eigenvalue weighted by Crippen LogP contribution is -2.57. The molecule has 1 aliphatic heterocycles. The number of amides is 1. The lowest BCUT2D eigenvalue weighted by molar-refractivity contribution is -0.152. The molecule has 2 unspecified atom stereocenters. The maximum absolute atomic E-state index is 12.1. The van der Waals surface area contributed by atoms with Crippen LogP contribution in [0.1, 0.15) is 5.56 Å². The number of likely N-dealkylation sites (tertiary alicyclic amines) is 1. The van der Waals surface area contributed by atoms with E-state index in [0.717, 1.165) is 5.56 Å². The molecular weight excluding hydrogens is 288 g/mol. The Morgan fingerprint density at radius 2 is 1.95 bits per heavy atom. The Hall–Kier alpha value is -2.41. The standard InChI is InChI=1S/C15H18N2O5/c1-21-14(19)11-7-17(8-12(16)13(11)18)15(20)22-9-10-5-3-2-4-6-10/h2-6,11-12H,7-9,16H2,1H3. The normalized spacial score (nSPS) is 21.4. The van der Waals surface area contributed by atoms with Crippen LogP contribution in [0.25, 0.3) is 0 Å². The number of hydrogen-bond donors (Lipinski definition) is 1. The molecule has 0 radical (unpaired) electrons. The van der Waals surface area contributed by atoms with Crippen molar-refractivity contribution in [3.8, 4) is 0 Å². The third-order valence-corrected chi connectivity index (χ3v) is 3.48. The quantitative estimate of drug-likeness (QED) is 0.638. The fourth-order valence-corrected chi connectivity index (χ4v) is 2.26. The minimum atomic E-state index is -1.06. The fraction of sp³-hybridized carbons (Fsp3) is 0.400. The summed E-state index contributed by atoms with van der Waals surface area (Å²) in [4.78, 5) is 36.8. The highest BCUT2D eigenvalue weighted by molar-refractivity contribution is 6.03. The maximum Gasteiger partial charge on any atom is 0.410 e. The Balaban J connectivity index is 1.97. The number of carbonyl (C=O) groups is 3. The molecule has 2 atom stereocenters. The summed E-state index contributed by atoms with van der Waals surface area (Å²) in [6.45, 7) is 0.0645. The van der Waals surface area contributed by atoms with Crippen molar-refractivity contribution >= 4 is 17.8 Å². The molecule has 0 bridgehead atoms. The molecule has 1 saturated heterocycles. The highest BCUT2D eigenvalue weighted by Gasteiger charge is 2.40. The number of nitrogens with two attached hydrogens (primary N) is 1. The van der Waals surface area contributed by atoms with Crippen LogP contribution < -0.4 is 5.73 Å². The largest absolute Gasteiger partial charge is 0.468 e. The van der Waals surface area contributed by atoms with E-state index in [1.165, 1.54) is 12.0 Å². The maximum atomic E-state index is 12.1.